The third-order valence-corrected chi connectivity index (χ3v) is 3.56. The molecule has 2 aromatic rings. The Balaban J connectivity index is 1.87. The quantitative estimate of drug-likeness (QED) is 0.813. The van der Waals surface area contributed by atoms with Crippen molar-refractivity contribution in [2.45, 2.75) is 65.8 Å². The van der Waals surface area contributed by atoms with Gasteiger partial charge in [0.25, 0.3) is 12.7 Å². The molecule has 0 N–H and O–H groups in total. The minimum absolute atomic E-state index is 0.0657. The Bertz CT molecular complexity index is 565. The maximum absolute atomic E-state index is 5.70. The molecule has 0 fully saturated rings. The molecule has 0 radical (unpaired) electrons. The van der Waals surface area contributed by atoms with Gasteiger partial charge in [0.05, 0.1) is 12.4 Å². The average Bonchev–Trinajstić information content (AvgIpc) is 2.46. The Morgan fingerprint density at radius 1 is 0.783 bits per heavy atom. The van der Waals surface area contributed by atoms with Crippen LogP contribution in [0.5, 0.6) is 0 Å². The van der Waals surface area contributed by atoms with Crippen LogP contribution in [0.1, 0.15) is 52.9 Å². The highest BCUT2D eigenvalue weighted by Gasteiger charge is 2.21. The number of hydrogen-bond donors (Lipinski definition) is 0. The summed E-state index contributed by atoms with van der Waals surface area (Å²) < 4.78 is 9.55. The molecule has 2 heterocycles. The van der Waals surface area contributed by atoms with Gasteiger partial charge in [0.15, 0.2) is 24.8 Å². The summed E-state index contributed by atoms with van der Waals surface area (Å²) in [6.45, 7) is 13.9. The Morgan fingerprint density at radius 2 is 1.17 bits per heavy atom. The summed E-state index contributed by atoms with van der Waals surface area (Å²) in [6.07, 6.45) is 7.62. The topological polar surface area (TPSA) is 42.8 Å². The van der Waals surface area contributed by atoms with Crippen molar-refractivity contribution >= 4 is 0 Å². The van der Waals surface area contributed by atoms with E-state index in [1.54, 1.807) is 0 Å². The summed E-state index contributed by atoms with van der Waals surface area (Å²) in [4.78, 5) is 8.96. The van der Waals surface area contributed by atoms with Crippen LogP contribution in [0.3, 0.4) is 0 Å². The van der Waals surface area contributed by atoms with Gasteiger partial charge in [-0.25, -0.2) is 9.13 Å². The molecule has 0 aromatic carbocycles. The third-order valence-electron chi connectivity index (χ3n) is 3.56. The number of hydrogen-bond acceptors (Lipinski definition) is 3. The fourth-order valence-corrected chi connectivity index (χ4v) is 2.06. The van der Waals surface area contributed by atoms with Gasteiger partial charge >= 0.3 is 0 Å². The first-order valence-electron chi connectivity index (χ1n) is 7.95. The van der Waals surface area contributed by atoms with Crippen LogP contribution in [-0.4, -0.2) is 9.97 Å². The number of aromatic nitrogens is 4. The first kappa shape index (κ1) is 17.5. The van der Waals surface area contributed by atoms with Gasteiger partial charge in [-0.15, -0.1) is 0 Å². The van der Waals surface area contributed by atoms with Crippen molar-refractivity contribution in [2.75, 3.05) is 0 Å². The van der Waals surface area contributed by atoms with Crippen molar-refractivity contribution < 1.29 is 13.9 Å². The van der Waals surface area contributed by atoms with E-state index in [0.717, 1.165) is 11.4 Å². The lowest BCUT2D eigenvalue weighted by Crippen LogP contribution is -2.41. The molecule has 2 rings (SSSR count). The summed E-state index contributed by atoms with van der Waals surface area (Å²) in [5.41, 5.74) is 2.28. The molecule has 23 heavy (non-hydrogen) atoms. The molecule has 0 aliphatic carbocycles. The highest BCUT2D eigenvalue weighted by Crippen LogP contribution is 2.18. The van der Waals surface area contributed by atoms with E-state index in [0.29, 0.717) is 13.5 Å². The van der Waals surface area contributed by atoms with E-state index >= 15 is 0 Å². The van der Waals surface area contributed by atoms with Crippen molar-refractivity contribution in [1.29, 1.82) is 0 Å². The second-order valence-corrected chi connectivity index (χ2v) is 7.88. The van der Waals surface area contributed by atoms with Gasteiger partial charge in [0.1, 0.15) is 0 Å². The molecule has 0 saturated heterocycles. The van der Waals surface area contributed by atoms with Crippen molar-refractivity contribution in [2.24, 2.45) is 0 Å². The van der Waals surface area contributed by atoms with Crippen LogP contribution in [0.15, 0.2) is 37.2 Å². The molecule has 0 unspecified atom stereocenters. The molecule has 0 amide bonds. The van der Waals surface area contributed by atoms with E-state index in [4.69, 9.17) is 4.74 Å². The van der Waals surface area contributed by atoms with Crippen LogP contribution in [0, 0.1) is 0 Å². The van der Waals surface area contributed by atoms with Crippen molar-refractivity contribution in [3.63, 3.8) is 0 Å². The number of ether oxygens (including phenoxy) is 1. The molecule has 0 spiro atoms. The summed E-state index contributed by atoms with van der Waals surface area (Å²) >= 11 is 0. The summed E-state index contributed by atoms with van der Waals surface area (Å²) in [6, 6.07) is 4.08. The van der Waals surface area contributed by atoms with Crippen LogP contribution >= 0.6 is 0 Å². The standard InChI is InChI=1S/C18H28N4O/c1-17(2,3)15-7-9-21(11-19-15)13-23-14-22-10-8-16(20-12-22)18(4,5)6/h7-12H,13-14H2,1-6H3/q+2. The maximum Gasteiger partial charge on any atom is 0.288 e. The number of nitrogens with zero attached hydrogens (tertiary/aromatic N) is 4. The highest BCUT2D eigenvalue weighted by atomic mass is 16.5. The summed E-state index contributed by atoms with van der Waals surface area (Å²) in [5.74, 6) is 0. The van der Waals surface area contributed by atoms with Gasteiger partial charge in [0, 0.05) is 23.0 Å². The van der Waals surface area contributed by atoms with Crippen LogP contribution in [-0.2, 0) is 29.0 Å². The Morgan fingerprint density at radius 3 is 1.43 bits per heavy atom. The van der Waals surface area contributed by atoms with Crippen molar-refractivity contribution in [3.05, 3.63) is 48.6 Å². The molecule has 0 aliphatic heterocycles. The zero-order valence-corrected chi connectivity index (χ0v) is 15.1. The minimum Gasteiger partial charge on any atom is -0.301 e. The fourth-order valence-electron chi connectivity index (χ4n) is 2.06. The minimum atomic E-state index is 0.0657. The van der Waals surface area contributed by atoms with Crippen LogP contribution < -0.4 is 9.13 Å². The summed E-state index contributed by atoms with van der Waals surface area (Å²) in [7, 11) is 0. The van der Waals surface area contributed by atoms with Crippen molar-refractivity contribution in [1.82, 2.24) is 9.97 Å². The lowest BCUT2D eigenvalue weighted by atomic mass is 9.92. The van der Waals surface area contributed by atoms with E-state index in [1.807, 2.05) is 46.3 Å². The molecule has 0 bridgehead atoms. The Kier molecular flexibility index (Phi) is 5.09. The molecule has 5 nitrogen and oxygen atoms in total. The molecule has 124 valence electrons. The second-order valence-electron chi connectivity index (χ2n) is 7.88. The first-order chi connectivity index (χ1) is 10.7. The average molecular weight is 316 g/mol. The molecule has 2 aromatic heterocycles. The summed E-state index contributed by atoms with van der Waals surface area (Å²) in [5, 5.41) is 0. The van der Waals surface area contributed by atoms with E-state index in [-0.39, 0.29) is 10.8 Å². The Labute approximate surface area is 139 Å². The predicted octanol–water partition coefficient (Wildman–Crippen LogP) is 2.28. The molecule has 0 atom stereocenters. The second kappa shape index (κ2) is 6.71. The van der Waals surface area contributed by atoms with Crippen LogP contribution in [0.2, 0.25) is 0 Å². The van der Waals surface area contributed by atoms with E-state index in [1.165, 1.54) is 0 Å². The largest absolute Gasteiger partial charge is 0.301 e. The molecule has 0 saturated carbocycles. The van der Waals surface area contributed by atoms with Crippen LogP contribution in [0.25, 0.3) is 0 Å². The number of rotatable bonds is 4. The monoisotopic (exact) mass is 316 g/mol. The first-order valence-corrected chi connectivity index (χ1v) is 7.95. The van der Waals surface area contributed by atoms with E-state index < -0.39 is 0 Å². The molecular formula is C18H28N4O+2. The Hall–Kier alpha value is -1.88. The predicted molar refractivity (Wildman–Crippen MR) is 87.3 cm³/mol. The SMILES string of the molecule is CC(C)(C)c1cc[n+](COC[n+]2ccc(C(C)(C)C)nc2)cn1. The maximum atomic E-state index is 5.70. The van der Waals surface area contributed by atoms with E-state index in [2.05, 4.69) is 51.5 Å². The third kappa shape index (κ3) is 5.06. The van der Waals surface area contributed by atoms with Gasteiger partial charge in [-0.3, -0.25) is 0 Å². The van der Waals surface area contributed by atoms with Gasteiger partial charge in [-0.05, 0) is 0 Å². The van der Waals surface area contributed by atoms with Gasteiger partial charge in [0.2, 0.25) is 0 Å². The van der Waals surface area contributed by atoms with Crippen molar-refractivity contribution in [3.8, 4) is 0 Å². The van der Waals surface area contributed by atoms with Gasteiger partial charge in [-0.1, -0.05) is 51.5 Å². The van der Waals surface area contributed by atoms with Crippen LogP contribution in [0.4, 0.5) is 0 Å². The van der Waals surface area contributed by atoms with E-state index in [9.17, 15) is 0 Å². The zero-order valence-electron chi connectivity index (χ0n) is 15.1. The molecule has 0 aliphatic rings. The van der Waals surface area contributed by atoms with Gasteiger partial charge in [-0.2, -0.15) is 0 Å². The van der Waals surface area contributed by atoms with Gasteiger partial charge < -0.3 is 4.74 Å². The highest BCUT2D eigenvalue weighted by molar-refractivity contribution is 5.08. The fraction of sp³-hybridized carbons (Fsp3) is 0.556. The molecular weight excluding hydrogens is 288 g/mol. The smallest absolute Gasteiger partial charge is 0.288 e. The lowest BCUT2D eigenvalue weighted by molar-refractivity contribution is -0.790. The molecule has 5 heteroatoms. The zero-order chi connectivity index (χ0) is 17.1. The normalized spacial score (nSPS) is 12.4. The lowest BCUT2D eigenvalue weighted by Gasteiger charge is -2.13.